The normalized spacial score (nSPS) is 11.9. The van der Waals surface area contributed by atoms with Crippen molar-refractivity contribution in [3.63, 3.8) is 0 Å². The monoisotopic (exact) mass is 427 g/mol. The Bertz CT molecular complexity index is 1260. The van der Waals surface area contributed by atoms with Gasteiger partial charge in [-0.2, -0.15) is 4.98 Å². The molecule has 0 saturated carbocycles. The minimum absolute atomic E-state index is 0.124. The summed E-state index contributed by atoms with van der Waals surface area (Å²) >= 11 is 0. The van der Waals surface area contributed by atoms with E-state index in [1.54, 1.807) is 0 Å². The van der Waals surface area contributed by atoms with Gasteiger partial charge in [0, 0.05) is 29.9 Å². The van der Waals surface area contributed by atoms with Gasteiger partial charge in [0.05, 0.1) is 12.1 Å². The quantitative estimate of drug-likeness (QED) is 0.397. The lowest BCUT2D eigenvalue weighted by molar-refractivity contribution is -0.137. The maximum Gasteiger partial charge on any atom is 0.305 e. The summed E-state index contributed by atoms with van der Waals surface area (Å²) in [7, 11) is 0. The second-order valence-corrected chi connectivity index (χ2v) is 7.57. The third-order valence-corrected chi connectivity index (χ3v) is 5.40. The number of rotatable bonds is 7. The largest absolute Gasteiger partial charge is 0.481 e. The van der Waals surface area contributed by atoms with Crippen molar-refractivity contribution in [1.29, 1.82) is 0 Å². The topological polar surface area (TPSA) is 118 Å². The van der Waals surface area contributed by atoms with Gasteiger partial charge in [-0.05, 0) is 35.4 Å². The van der Waals surface area contributed by atoms with Gasteiger partial charge in [0.25, 0.3) is 0 Å². The van der Waals surface area contributed by atoms with Gasteiger partial charge in [-0.15, -0.1) is 0 Å². The third-order valence-electron chi connectivity index (χ3n) is 5.40. The Kier molecular flexibility index (Phi) is 6.00. The second-order valence-electron chi connectivity index (χ2n) is 7.57. The van der Waals surface area contributed by atoms with Crippen LogP contribution < -0.4 is 16.4 Å². The van der Waals surface area contributed by atoms with E-state index < -0.39 is 12.0 Å². The molecule has 4 rings (SSSR count). The molecular weight excluding hydrogens is 402 g/mol. The number of aliphatic carboxylic acids is 1. The van der Waals surface area contributed by atoms with Crippen LogP contribution in [0.5, 0.6) is 0 Å². The highest BCUT2D eigenvalue weighted by Crippen LogP contribution is 2.30. The molecule has 0 spiro atoms. The first-order valence-electron chi connectivity index (χ1n) is 10.4. The first kappa shape index (κ1) is 21.3. The molecule has 0 aliphatic rings. The number of anilines is 3. The number of benzene rings is 3. The van der Waals surface area contributed by atoms with Crippen LogP contribution in [0.1, 0.15) is 24.9 Å². The number of carboxylic acid groups (broad SMARTS) is 1. The molecule has 0 aliphatic heterocycles. The highest BCUT2D eigenvalue weighted by molar-refractivity contribution is 5.87. The molecule has 162 valence electrons. The van der Waals surface area contributed by atoms with Crippen molar-refractivity contribution < 1.29 is 9.90 Å². The summed E-state index contributed by atoms with van der Waals surface area (Å²) in [4.78, 5) is 21.9. The number of nitrogen functional groups attached to an aromatic ring is 1. The van der Waals surface area contributed by atoms with Crippen molar-refractivity contribution in [3.05, 3.63) is 78.4 Å². The number of carbonyl (C=O) groups is 1. The molecular formula is C25H25N5O2. The summed E-state index contributed by atoms with van der Waals surface area (Å²) < 4.78 is 0. The average Bonchev–Trinajstić information content (AvgIpc) is 2.79. The van der Waals surface area contributed by atoms with E-state index in [4.69, 9.17) is 16.6 Å². The first-order valence-corrected chi connectivity index (χ1v) is 10.4. The zero-order chi connectivity index (χ0) is 22.7. The molecule has 1 heterocycles. The van der Waals surface area contributed by atoms with Gasteiger partial charge in [0.2, 0.25) is 5.95 Å². The van der Waals surface area contributed by atoms with Crippen LogP contribution in [0.15, 0.2) is 72.8 Å². The minimum atomic E-state index is -0.928. The molecule has 7 nitrogen and oxygen atoms in total. The Morgan fingerprint density at radius 2 is 1.72 bits per heavy atom. The summed E-state index contributed by atoms with van der Waals surface area (Å²) in [5.74, 6) is -0.0385. The van der Waals surface area contributed by atoms with Gasteiger partial charge in [0.15, 0.2) is 0 Å². The molecule has 0 fully saturated rings. The van der Waals surface area contributed by atoms with Gasteiger partial charge in [-0.3, -0.25) is 4.79 Å². The average molecular weight is 428 g/mol. The van der Waals surface area contributed by atoms with Crippen molar-refractivity contribution in [3.8, 4) is 11.3 Å². The van der Waals surface area contributed by atoms with E-state index in [1.165, 1.54) is 5.39 Å². The molecule has 0 bridgehead atoms. The Morgan fingerprint density at radius 3 is 2.41 bits per heavy atom. The molecule has 0 amide bonds. The van der Waals surface area contributed by atoms with Crippen molar-refractivity contribution in [2.45, 2.75) is 19.4 Å². The Morgan fingerprint density at radius 1 is 1.00 bits per heavy atom. The minimum Gasteiger partial charge on any atom is -0.481 e. The molecule has 5 N–H and O–H groups in total. The first-order chi connectivity index (χ1) is 15.4. The predicted molar refractivity (Wildman–Crippen MR) is 128 cm³/mol. The van der Waals surface area contributed by atoms with Crippen LogP contribution in [-0.4, -0.2) is 27.6 Å². The fourth-order valence-electron chi connectivity index (χ4n) is 3.77. The van der Waals surface area contributed by atoms with E-state index in [0.717, 1.165) is 22.2 Å². The molecule has 1 aromatic heterocycles. The lowest BCUT2D eigenvalue weighted by Crippen LogP contribution is -2.18. The summed E-state index contributed by atoms with van der Waals surface area (Å²) in [5.41, 5.74) is 15.3. The highest BCUT2D eigenvalue weighted by Gasteiger charge is 2.14. The standard InChI is InChI=1S/C25H25N5O2/c1-2-30(20-12-11-16-5-3-4-6-19(16)13-20)23-15-22(28-25(27)29-23)18-9-7-17(8-10-18)21(26)14-24(31)32/h3-13,15,21H,2,14,26H2,1H3,(H,31,32)(H2,27,28,29). The van der Waals surface area contributed by atoms with Gasteiger partial charge < -0.3 is 21.5 Å². The summed E-state index contributed by atoms with van der Waals surface area (Å²) in [6.45, 7) is 2.77. The fourth-order valence-corrected chi connectivity index (χ4v) is 3.77. The number of aromatic nitrogens is 2. The van der Waals surface area contributed by atoms with Crippen molar-refractivity contribution in [2.75, 3.05) is 17.2 Å². The van der Waals surface area contributed by atoms with Crippen molar-refractivity contribution in [1.82, 2.24) is 9.97 Å². The number of nitrogens with zero attached hydrogens (tertiary/aromatic N) is 3. The molecule has 0 saturated heterocycles. The van der Waals surface area contributed by atoms with Gasteiger partial charge in [-0.25, -0.2) is 4.98 Å². The Labute approximate surface area is 186 Å². The zero-order valence-corrected chi connectivity index (χ0v) is 17.8. The van der Waals surface area contributed by atoms with Crippen LogP contribution in [0, 0.1) is 0 Å². The van der Waals surface area contributed by atoms with E-state index >= 15 is 0 Å². The van der Waals surface area contributed by atoms with Crippen LogP contribution in [0.25, 0.3) is 22.0 Å². The summed E-state index contributed by atoms with van der Waals surface area (Å²) in [6.07, 6.45) is -0.124. The second kappa shape index (κ2) is 9.03. The number of hydrogen-bond acceptors (Lipinski definition) is 6. The summed E-state index contributed by atoms with van der Waals surface area (Å²) in [5, 5.41) is 11.3. The Balaban J connectivity index is 1.67. The molecule has 1 unspecified atom stereocenters. The molecule has 32 heavy (non-hydrogen) atoms. The molecule has 3 aromatic carbocycles. The molecule has 1 atom stereocenters. The van der Waals surface area contributed by atoms with Crippen molar-refractivity contribution in [2.24, 2.45) is 5.73 Å². The summed E-state index contributed by atoms with van der Waals surface area (Å²) in [6, 6.07) is 23.2. The van der Waals surface area contributed by atoms with Crippen LogP contribution >= 0.6 is 0 Å². The zero-order valence-electron chi connectivity index (χ0n) is 17.8. The van der Waals surface area contributed by atoms with Crippen molar-refractivity contribution >= 4 is 34.2 Å². The fraction of sp³-hybridized carbons (Fsp3) is 0.160. The molecule has 7 heteroatoms. The maximum atomic E-state index is 10.9. The van der Waals surface area contributed by atoms with Crippen LogP contribution in [0.4, 0.5) is 17.5 Å². The van der Waals surface area contributed by atoms with Crippen LogP contribution in [0.3, 0.4) is 0 Å². The SMILES string of the molecule is CCN(c1ccc2ccccc2c1)c1cc(-c2ccc(C(N)CC(=O)O)cc2)nc(N)n1. The van der Waals surface area contributed by atoms with E-state index in [-0.39, 0.29) is 12.4 Å². The van der Waals surface area contributed by atoms with Gasteiger partial charge in [-0.1, -0.05) is 54.6 Å². The third kappa shape index (κ3) is 4.53. The van der Waals surface area contributed by atoms with E-state index in [2.05, 4.69) is 52.1 Å². The molecule has 0 radical (unpaired) electrons. The van der Waals surface area contributed by atoms with Crippen LogP contribution in [0.2, 0.25) is 0 Å². The van der Waals surface area contributed by atoms with Gasteiger partial charge >= 0.3 is 5.97 Å². The number of nitrogens with two attached hydrogens (primary N) is 2. The highest BCUT2D eigenvalue weighted by atomic mass is 16.4. The van der Waals surface area contributed by atoms with Crippen LogP contribution in [-0.2, 0) is 4.79 Å². The maximum absolute atomic E-state index is 10.9. The lowest BCUT2D eigenvalue weighted by atomic mass is 10.0. The van der Waals surface area contributed by atoms with Gasteiger partial charge in [0.1, 0.15) is 5.82 Å². The molecule has 0 aliphatic carbocycles. The smallest absolute Gasteiger partial charge is 0.305 e. The molecule has 4 aromatic rings. The lowest BCUT2D eigenvalue weighted by Gasteiger charge is -2.23. The number of fused-ring (bicyclic) bond motifs is 1. The van der Waals surface area contributed by atoms with E-state index in [0.29, 0.717) is 18.1 Å². The predicted octanol–water partition coefficient (Wildman–Crippen LogP) is 4.51. The Hall–Kier alpha value is -3.97. The number of hydrogen-bond donors (Lipinski definition) is 3. The van der Waals surface area contributed by atoms with E-state index in [9.17, 15) is 4.79 Å². The van der Waals surface area contributed by atoms with E-state index in [1.807, 2.05) is 42.5 Å². The number of carboxylic acids is 1.